The third kappa shape index (κ3) is 5.88. The second-order valence-electron chi connectivity index (χ2n) is 5.36. The van der Waals surface area contributed by atoms with Crippen molar-refractivity contribution in [3.63, 3.8) is 0 Å². The zero-order valence-electron chi connectivity index (χ0n) is 13.5. The van der Waals surface area contributed by atoms with Crippen molar-refractivity contribution in [3.8, 4) is 0 Å². The predicted octanol–water partition coefficient (Wildman–Crippen LogP) is 1.94. The van der Waals surface area contributed by atoms with E-state index in [1.807, 2.05) is 18.7 Å². The van der Waals surface area contributed by atoms with Gasteiger partial charge in [-0.2, -0.15) is 4.98 Å². The molecule has 7 nitrogen and oxygen atoms in total. The molecule has 1 aromatic carbocycles. The second-order valence-corrected chi connectivity index (χ2v) is 5.36. The molecule has 0 atom stereocenters. The number of nitrogens with one attached hydrogen (secondary N) is 1. The molecule has 0 aliphatic heterocycles. The molecule has 0 saturated carbocycles. The van der Waals surface area contributed by atoms with Gasteiger partial charge >= 0.3 is 0 Å². The van der Waals surface area contributed by atoms with Crippen molar-refractivity contribution < 1.29 is 13.7 Å². The summed E-state index contributed by atoms with van der Waals surface area (Å²) >= 11 is 0. The van der Waals surface area contributed by atoms with Crippen molar-refractivity contribution in [2.45, 2.75) is 33.0 Å². The maximum Gasteiger partial charge on any atom is 0.240 e. The van der Waals surface area contributed by atoms with Gasteiger partial charge in [0.1, 0.15) is 5.82 Å². The molecule has 1 amide bonds. The van der Waals surface area contributed by atoms with E-state index in [4.69, 9.17) is 10.3 Å². The number of rotatable bonds is 7. The van der Waals surface area contributed by atoms with Crippen LogP contribution in [0.15, 0.2) is 28.8 Å². The Kier molecular flexibility index (Phi) is 7.76. The Balaban J connectivity index is 0.00000288. The Morgan fingerprint density at radius 3 is 2.58 bits per heavy atom. The van der Waals surface area contributed by atoms with Crippen LogP contribution in [0.5, 0.6) is 0 Å². The lowest BCUT2D eigenvalue weighted by atomic mass is 10.3. The maximum absolute atomic E-state index is 12.9. The minimum absolute atomic E-state index is 0. The van der Waals surface area contributed by atoms with Crippen LogP contribution < -0.4 is 11.1 Å². The SMILES string of the molecule is CC(C)N(CC(=O)Nc1ccc(F)cc1)Cc1noc(CN)n1.Cl. The number of nitrogens with two attached hydrogens (primary N) is 1. The number of carbonyl (C=O) groups excluding carboxylic acids is 1. The Bertz CT molecular complexity index is 648. The lowest BCUT2D eigenvalue weighted by Crippen LogP contribution is -2.37. The standard InChI is InChI=1S/C15H20FN5O2.ClH/c1-10(2)21(8-13-19-15(7-17)23-20-13)9-14(22)18-12-5-3-11(16)4-6-12;/h3-6,10H,7-9,17H2,1-2H3,(H,18,22);1H. The normalized spacial score (nSPS) is 10.8. The van der Waals surface area contributed by atoms with E-state index < -0.39 is 0 Å². The number of anilines is 1. The summed E-state index contributed by atoms with van der Waals surface area (Å²) in [6.07, 6.45) is 0. The fourth-order valence-corrected chi connectivity index (χ4v) is 1.96. The lowest BCUT2D eigenvalue weighted by Gasteiger charge is -2.24. The van der Waals surface area contributed by atoms with Crippen molar-refractivity contribution >= 4 is 24.0 Å². The highest BCUT2D eigenvalue weighted by Gasteiger charge is 2.17. The quantitative estimate of drug-likeness (QED) is 0.786. The van der Waals surface area contributed by atoms with Gasteiger partial charge in [-0.25, -0.2) is 4.39 Å². The molecule has 0 bridgehead atoms. The molecule has 1 heterocycles. The molecule has 0 saturated heterocycles. The third-order valence-corrected chi connectivity index (χ3v) is 3.23. The molecule has 0 unspecified atom stereocenters. The van der Waals surface area contributed by atoms with Crippen molar-refractivity contribution in [3.05, 3.63) is 41.8 Å². The Hall–Kier alpha value is -2.03. The largest absolute Gasteiger partial charge is 0.338 e. The van der Waals surface area contributed by atoms with Crippen molar-refractivity contribution in [1.29, 1.82) is 0 Å². The topological polar surface area (TPSA) is 97.3 Å². The average molecular weight is 358 g/mol. The molecule has 1 aromatic heterocycles. The number of halogens is 2. The van der Waals surface area contributed by atoms with Crippen LogP contribution in [0.2, 0.25) is 0 Å². The number of hydrogen-bond acceptors (Lipinski definition) is 6. The summed E-state index contributed by atoms with van der Waals surface area (Å²) in [6.45, 7) is 4.64. The van der Waals surface area contributed by atoms with Crippen molar-refractivity contribution in [2.24, 2.45) is 5.73 Å². The van der Waals surface area contributed by atoms with E-state index in [-0.39, 0.29) is 43.3 Å². The highest BCUT2D eigenvalue weighted by atomic mass is 35.5. The zero-order chi connectivity index (χ0) is 16.8. The molecule has 132 valence electrons. The van der Waals surface area contributed by atoms with Crippen LogP contribution in [0.4, 0.5) is 10.1 Å². The smallest absolute Gasteiger partial charge is 0.240 e. The minimum atomic E-state index is -0.348. The van der Waals surface area contributed by atoms with Gasteiger partial charge in [0, 0.05) is 11.7 Å². The summed E-state index contributed by atoms with van der Waals surface area (Å²) in [4.78, 5) is 18.2. The van der Waals surface area contributed by atoms with Crippen LogP contribution in [0.25, 0.3) is 0 Å². The third-order valence-electron chi connectivity index (χ3n) is 3.23. The molecule has 2 rings (SSSR count). The van der Waals surface area contributed by atoms with E-state index in [1.165, 1.54) is 24.3 Å². The van der Waals surface area contributed by atoms with Crippen molar-refractivity contribution in [1.82, 2.24) is 15.0 Å². The molecule has 0 aliphatic rings. The van der Waals surface area contributed by atoms with Crippen LogP contribution in [-0.4, -0.2) is 33.5 Å². The van der Waals surface area contributed by atoms with Gasteiger partial charge in [0.25, 0.3) is 0 Å². The van der Waals surface area contributed by atoms with Crippen LogP contribution in [0.3, 0.4) is 0 Å². The molecule has 0 radical (unpaired) electrons. The molecule has 0 fully saturated rings. The monoisotopic (exact) mass is 357 g/mol. The van der Waals surface area contributed by atoms with Crippen LogP contribution in [-0.2, 0) is 17.9 Å². The average Bonchev–Trinajstić information content (AvgIpc) is 2.96. The van der Waals surface area contributed by atoms with Gasteiger partial charge in [-0.3, -0.25) is 9.69 Å². The van der Waals surface area contributed by atoms with E-state index in [0.717, 1.165) is 0 Å². The number of carbonyl (C=O) groups is 1. The van der Waals surface area contributed by atoms with Crippen LogP contribution in [0, 0.1) is 5.82 Å². The molecule has 2 aromatic rings. The molecule has 0 spiro atoms. The number of hydrogen-bond donors (Lipinski definition) is 2. The van der Waals surface area contributed by atoms with Gasteiger partial charge in [0.2, 0.25) is 11.8 Å². The lowest BCUT2D eigenvalue weighted by molar-refractivity contribution is -0.117. The van der Waals surface area contributed by atoms with Gasteiger partial charge in [-0.05, 0) is 38.1 Å². The summed E-state index contributed by atoms with van der Waals surface area (Å²) in [7, 11) is 0. The first-order valence-corrected chi connectivity index (χ1v) is 7.29. The van der Waals surface area contributed by atoms with Crippen LogP contribution in [0.1, 0.15) is 25.6 Å². The van der Waals surface area contributed by atoms with E-state index in [0.29, 0.717) is 23.9 Å². The summed E-state index contributed by atoms with van der Waals surface area (Å²) in [6, 6.07) is 5.72. The van der Waals surface area contributed by atoms with E-state index in [2.05, 4.69) is 15.5 Å². The molecular weight excluding hydrogens is 337 g/mol. The first kappa shape index (κ1) is 20.0. The summed E-state index contributed by atoms with van der Waals surface area (Å²) in [5.41, 5.74) is 5.98. The fraction of sp³-hybridized carbons (Fsp3) is 0.400. The first-order valence-electron chi connectivity index (χ1n) is 7.29. The first-order chi connectivity index (χ1) is 11.0. The van der Waals surface area contributed by atoms with E-state index in [9.17, 15) is 9.18 Å². The summed E-state index contributed by atoms with van der Waals surface area (Å²) < 4.78 is 17.8. The Labute approximate surface area is 145 Å². The summed E-state index contributed by atoms with van der Waals surface area (Å²) in [5, 5.41) is 6.55. The van der Waals surface area contributed by atoms with E-state index >= 15 is 0 Å². The number of nitrogens with zero attached hydrogens (tertiary/aromatic N) is 3. The molecule has 0 aliphatic carbocycles. The Morgan fingerprint density at radius 2 is 2.04 bits per heavy atom. The number of amides is 1. The molecule has 9 heteroatoms. The number of benzene rings is 1. The molecular formula is C15H21ClFN5O2. The van der Waals surface area contributed by atoms with Gasteiger partial charge in [0.05, 0.1) is 19.6 Å². The minimum Gasteiger partial charge on any atom is -0.338 e. The van der Waals surface area contributed by atoms with E-state index in [1.54, 1.807) is 0 Å². The van der Waals surface area contributed by atoms with Gasteiger partial charge in [-0.15, -0.1) is 12.4 Å². The van der Waals surface area contributed by atoms with Crippen molar-refractivity contribution in [2.75, 3.05) is 11.9 Å². The zero-order valence-corrected chi connectivity index (χ0v) is 14.3. The second kappa shape index (κ2) is 9.31. The highest BCUT2D eigenvalue weighted by molar-refractivity contribution is 5.92. The molecule has 24 heavy (non-hydrogen) atoms. The van der Waals surface area contributed by atoms with Gasteiger partial charge in [-0.1, -0.05) is 5.16 Å². The predicted molar refractivity (Wildman–Crippen MR) is 90.0 cm³/mol. The fourth-order valence-electron chi connectivity index (χ4n) is 1.96. The van der Waals surface area contributed by atoms with Gasteiger partial charge in [0.15, 0.2) is 5.82 Å². The number of aromatic nitrogens is 2. The Morgan fingerprint density at radius 1 is 1.38 bits per heavy atom. The summed E-state index contributed by atoms with van der Waals surface area (Å²) in [5.74, 6) is 0.292. The van der Waals surface area contributed by atoms with Crippen LogP contribution >= 0.6 is 12.4 Å². The molecule has 3 N–H and O–H groups in total. The van der Waals surface area contributed by atoms with Gasteiger partial charge < -0.3 is 15.6 Å². The maximum atomic E-state index is 12.9. The highest BCUT2D eigenvalue weighted by Crippen LogP contribution is 2.10.